The molecule has 0 saturated carbocycles. The zero-order valence-corrected chi connectivity index (χ0v) is 20.9. The smallest absolute Gasteiger partial charge is 0.300 e. The monoisotopic (exact) mass is 511 g/mol. The van der Waals surface area contributed by atoms with Crippen molar-refractivity contribution in [1.82, 2.24) is 0 Å². The van der Waals surface area contributed by atoms with Crippen molar-refractivity contribution in [2.24, 2.45) is 0 Å². The van der Waals surface area contributed by atoms with E-state index in [2.05, 4.69) is 0 Å². The number of benzene rings is 3. The van der Waals surface area contributed by atoms with Crippen LogP contribution in [0.2, 0.25) is 10.0 Å². The van der Waals surface area contributed by atoms with Gasteiger partial charge < -0.3 is 14.6 Å². The molecule has 0 spiro atoms. The van der Waals surface area contributed by atoms with Crippen molar-refractivity contribution in [3.63, 3.8) is 0 Å². The maximum absolute atomic E-state index is 13.4. The molecule has 35 heavy (non-hydrogen) atoms. The molecule has 4 rings (SSSR count). The molecular weight excluding hydrogens is 489 g/mol. The molecule has 1 aliphatic rings. The SMILES string of the molecule is CCOc1ccc(N2C(=O)C(=O)/C(=C(/O)c3cc(Cl)cc(Cl)c3OC)C2c2cccc(C)c2)cc1. The van der Waals surface area contributed by atoms with Gasteiger partial charge in [-0.15, -0.1) is 0 Å². The van der Waals surface area contributed by atoms with E-state index in [0.717, 1.165) is 5.56 Å². The van der Waals surface area contributed by atoms with Gasteiger partial charge in [-0.2, -0.15) is 0 Å². The summed E-state index contributed by atoms with van der Waals surface area (Å²) in [7, 11) is 1.39. The number of rotatable bonds is 6. The van der Waals surface area contributed by atoms with Crippen LogP contribution in [0, 0.1) is 6.92 Å². The standard InChI is InChI=1S/C27H23Cl2NO5/c1-4-35-19-10-8-18(9-11-19)30-23(16-7-5-6-15(2)12-16)22(25(32)27(30)33)24(31)20-13-17(28)14-21(29)26(20)34-3/h5-14,23,31H,4H2,1-3H3/b24-22+. The molecule has 1 amide bonds. The number of ether oxygens (including phenoxy) is 2. The molecule has 1 atom stereocenters. The molecule has 3 aromatic carbocycles. The lowest BCUT2D eigenvalue weighted by Gasteiger charge is -2.26. The second-order valence-electron chi connectivity index (χ2n) is 7.98. The maximum atomic E-state index is 13.4. The molecule has 180 valence electrons. The van der Waals surface area contributed by atoms with E-state index in [1.807, 2.05) is 32.0 Å². The molecule has 1 heterocycles. The van der Waals surface area contributed by atoms with Gasteiger partial charge in [0.05, 0.1) is 35.9 Å². The molecule has 6 nitrogen and oxygen atoms in total. The molecule has 1 aliphatic heterocycles. The average Bonchev–Trinajstić information content (AvgIpc) is 3.09. The van der Waals surface area contributed by atoms with Crippen molar-refractivity contribution < 1.29 is 24.2 Å². The molecular formula is C27H23Cl2NO5. The topological polar surface area (TPSA) is 76.1 Å². The van der Waals surface area contributed by atoms with Crippen LogP contribution in [-0.2, 0) is 9.59 Å². The average molecular weight is 512 g/mol. The number of hydrogen-bond acceptors (Lipinski definition) is 5. The largest absolute Gasteiger partial charge is 0.507 e. The van der Waals surface area contributed by atoms with Crippen molar-refractivity contribution in [3.05, 3.63) is 93.0 Å². The summed E-state index contributed by atoms with van der Waals surface area (Å²) >= 11 is 12.5. The molecule has 0 aromatic heterocycles. The van der Waals surface area contributed by atoms with Crippen molar-refractivity contribution in [3.8, 4) is 11.5 Å². The fourth-order valence-corrected chi connectivity index (χ4v) is 4.78. The number of methoxy groups -OCH3 is 1. The van der Waals surface area contributed by atoms with E-state index in [9.17, 15) is 14.7 Å². The minimum Gasteiger partial charge on any atom is -0.507 e. The lowest BCUT2D eigenvalue weighted by molar-refractivity contribution is -0.132. The molecule has 8 heteroatoms. The first-order chi connectivity index (χ1) is 16.8. The second-order valence-corrected chi connectivity index (χ2v) is 8.82. The van der Waals surface area contributed by atoms with E-state index in [1.165, 1.54) is 24.1 Å². The third-order valence-corrected chi connectivity index (χ3v) is 6.19. The van der Waals surface area contributed by atoms with E-state index in [1.54, 1.807) is 30.3 Å². The number of hydrogen-bond donors (Lipinski definition) is 1. The molecule has 1 N–H and O–H groups in total. The predicted octanol–water partition coefficient (Wildman–Crippen LogP) is 6.34. The van der Waals surface area contributed by atoms with Gasteiger partial charge in [0.2, 0.25) is 0 Å². The fraction of sp³-hybridized carbons (Fsp3) is 0.185. The molecule has 1 unspecified atom stereocenters. The summed E-state index contributed by atoms with van der Waals surface area (Å²) in [4.78, 5) is 28.1. The number of carbonyl (C=O) groups is 2. The van der Waals surface area contributed by atoms with Crippen LogP contribution >= 0.6 is 23.2 Å². The number of aliphatic hydroxyl groups is 1. The lowest BCUT2D eigenvalue weighted by atomic mass is 9.94. The Kier molecular flexibility index (Phi) is 7.05. The fourth-order valence-electron chi connectivity index (χ4n) is 4.21. The first-order valence-corrected chi connectivity index (χ1v) is 11.7. The van der Waals surface area contributed by atoms with Gasteiger partial charge in [0, 0.05) is 10.7 Å². The van der Waals surface area contributed by atoms with Gasteiger partial charge in [-0.05, 0) is 55.8 Å². The maximum Gasteiger partial charge on any atom is 0.300 e. The van der Waals surface area contributed by atoms with Gasteiger partial charge in [-0.3, -0.25) is 14.5 Å². The Balaban J connectivity index is 1.96. The summed E-state index contributed by atoms with van der Waals surface area (Å²) in [5.41, 5.74) is 2.10. The Hall–Kier alpha value is -3.48. The third kappa shape index (κ3) is 4.59. The summed E-state index contributed by atoms with van der Waals surface area (Å²) in [5, 5.41) is 11.8. The molecule has 0 aliphatic carbocycles. The van der Waals surface area contributed by atoms with Crippen LogP contribution in [0.1, 0.15) is 29.7 Å². The zero-order chi connectivity index (χ0) is 25.3. The van der Waals surface area contributed by atoms with Crippen LogP contribution in [0.4, 0.5) is 5.69 Å². The highest BCUT2D eigenvalue weighted by atomic mass is 35.5. The van der Waals surface area contributed by atoms with Crippen molar-refractivity contribution in [1.29, 1.82) is 0 Å². The number of carbonyl (C=O) groups excluding carboxylic acids is 2. The number of anilines is 1. The molecule has 1 saturated heterocycles. The minimum atomic E-state index is -0.893. The first kappa shape index (κ1) is 24.6. The summed E-state index contributed by atoms with van der Waals surface area (Å²) in [6.45, 7) is 4.28. The number of Topliss-reactive ketones (excluding diaryl/α,β-unsaturated/α-hetero) is 1. The highest BCUT2D eigenvalue weighted by molar-refractivity contribution is 6.52. The van der Waals surface area contributed by atoms with Gasteiger partial charge in [0.15, 0.2) is 0 Å². The van der Waals surface area contributed by atoms with Gasteiger partial charge in [0.25, 0.3) is 11.7 Å². The predicted molar refractivity (Wildman–Crippen MR) is 137 cm³/mol. The number of aryl methyl sites for hydroxylation is 1. The summed E-state index contributed by atoms with van der Waals surface area (Å²) in [5.74, 6) is -1.25. The molecule has 0 radical (unpaired) electrons. The number of halogens is 2. The van der Waals surface area contributed by atoms with E-state index >= 15 is 0 Å². The van der Waals surface area contributed by atoms with Crippen LogP contribution in [0.5, 0.6) is 11.5 Å². The Labute approximate surface area is 213 Å². The second kappa shape index (κ2) is 10.0. The normalized spacial score (nSPS) is 17.1. The number of aliphatic hydroxyl groups excluding tert-OH is 1. The first-order valence-electron chi connectivity index (χ1n) is 10.9. The van der Waals surface area contributed by atoms with Crippen molar-refractivity contribution >= 4 is 46.3 Å². The molecule has 1 fully saturated rings. The lowest BCUT2D eigenvalue weighted by Crippen LogP contribution is -2.29. The van der Waals surface area contributed by atoms with Crippen molar-refractivity contribution in [2.45, 2.75) is 19.9 Å². The van der Waals surface area contributed by atoms with Crippen molar-refractivity contribution in [2.75, 3.05) is 18.6 Å². The minimum absolute atomic E-state index is 0.0916. The van der Waals surface area contributed by atoms with Gasteiger partial charge >= 0.3 is 0 Å². The zero-order valence-electron chi connectivity index (χ0n) is 19.3. The highest BCUT2D eigenvalue weighted by Crippen LogP contribution is 2.45. The number of ketones is 1. The van der Waals surface area contributed by atoms with Crippen LogP contribution in [-0.4, -0.2) is 30.5 Å². The Morgan fingerprint density at radius 2 is 1.77 bits per heavy atom. The summed E-state index contributed by atoms with van der Waals surface area (Å²) in [6.07, 6.45) is 0. The van der Waals surface area contributed by atoms with Crippen LogP contribution in [0.3, 0.4) is 0 Å². The van der Waals surface area contributed by atoms with Crippen LogP contribution < -0.4 is 14.4 Å². The van der Waals surface area contributed by atoms with Gasteiger partial charge in [-0.25, -0.2) is 0 Å². The van der Waals surface area contributed by atoms with E-state index in [0.29, 0.717) is 23.6 Å². The third-order valence-electron chi connectivity index (χ3n) is 5.70. The summed E-state index contributed by atoms with van der Waals surface area (Å²) in [6, 6.07) is 16.3. The van der Waals surface area contributed by atoms with E-state index < -0.39 is 23.5 Å². The Bertz CT molecular complexity index is 1330. The number of nitrogens with zero attached hydrogens (tertiary/aromatic N) is 1. The van der Waals surface area contributed by atoms with Gasteiger partial charge in [0.1, 0.15) is 17.3 Å². The van der Waals surface area contributed by atoms with Gasteiger partial charge in [-0.1, -0.05) is 53.0 Å². The van der Waals surface area contributed by atoms with E-state index in [-0.39, 0.29) is 26.9 Å². The summed E-state index contributed by atoms with van der Waals surface area (Å²) < 4.78 is 10.9. The van der Waals surface area contributed by atoms with Crippen LogP contribution in [0.15, 0.2) is 66.2 Å². The molecule has 3 aromatic rings. The van der Waals surface area contributed by atoms with Crippen LogP contribution in [0.25, 0.3) is 5.76 Å². The molecule has 0 bridgehead atoms. The number of amides is 1. The Morgan fingerprint density at radius 3 is 2.40 bits per heavy atom. The quantitative estimate of drug-likeness (QED) is 0.237. The van der Waals surface area contributed by atoms with E-state index in [4.69, 9.17) is 32.7 Å². The Morgan fingerprint density at radius 1 is 1.06 bits per heavy atom. The highest BCUT2D eigenvalue weighted by Gasteiger charge is 2.47.